The lowest BCUT2D eigenvalue weighted by Gasteiger charge is -2.28. The molecule has 3 nitrogen and oxygen atoms in total. The molecule has 1 aromatic carbocycles. The highest BCUT2D eigenvalue weighted by Crippen LogP contribution is 2.22. The van der Waals surface area contributed by atoms with E-state index in [0.717, 1.165) is 26.1 Å². The van der Waals surface area contributed by atoms with Crippen molar-refractivity contribution in [3.05, 3.63) is 34.9 Å². The minimum absolute atomic E-state index is 0.317. The maximum atomic E-state index is 5.78. The Morgan fingerprint density at radius 3 is 2.83 bits per heavy atom. The summed E-state index contributed by atoms with van der Waals surface area (Å²) >= 11 is 0. The number of aryl methyl sites for hydroxylation is 2. The topological polar surface area (TPSA) is 33.3 Å². The normalized spacial score (nSPS) is 21.8. The molecular formula is C15H24N2O. The average molecular weight is 248 g/mol. The van der Waals surface area contributed by atoms with Crippen LogP contribution in [0.3, 0.4) is 0 Å². The highest BCUT2D eigenvalue weighted by Gasteiger charge is 2.19. The fourth-order valence-corrected chi connectivity index (χ4v) is 2.44. The molecule has 2 rings (SSSR count). The lowest BCUT2D eigenvalue weighted by atomic mass is 9.97. The first kappa shape index (κ1) is 13.5. The van der Waals surface area contributed by atoms with Gasteiger partial charge in [0.05, 0.1) is 12.7 Å². The van der Waals surface area contributed by atoms with Crippen molar-refractivity contribution in [2.45, 2.75) is 32.4 Å². The summed E-state index contributed by atoms with van der Waals surface area (Å²) in [6.07, 6.45) is 1.34. The Morgan fingerprint density at radius 2 is 2.22 bits per heavy atom. The summed E-state index contributed by atoms with van der Waals surface area (Å²) in [4.78, 5) is 0. The van der Waals surface area contributed by atoms with Gasteiger partial charge in [-0.05, 0) is 44.0 Å². The molecule has 3 heteroatoms. The molecule has 0 radical (unpaired) electrons. The molecule has 0 amide bonds. The van der Waals surface area contributed by atoms with E-state index in [2.05, 4.69) is 42.7 Å². The number of hydrogen-bond acceptors (Lipinski definition) is 3. The van der Waals surface area contributed by atoms with Gasteiger partial charge in [-0.2, -0.15) is 0 Å². The maximum Gasteiger partial charge on any atom is 0.0718 e. The van der Waals surface area contributed by atoms with Crippen LogP contribution in [0.25, 0.3) is 0 Å². The molecule has 1 heterocycles. The molecule has 0 spiro atoms. The molecule has 0 saturated carbocycles. The van der Waals surface area contributed by atoms with Crippen LogP contribution in [0, 0.1) is 13.8 Å². The van der Waals surface area contributed by atoms with Crippen LogP contribution < -0.4 is 10.6 Å². The number of nitrogens with one attached hydrogen (secondary N) is 2. The smallest absolute Gasteiger partial charge is 0.0718 e. The third-order valence-corrected chi connectivity index (χ3v) is 3.78. The largest absolute Gasteiger partial charge is 0.376 e. The van der Waals surface area contributed by atoms with Crippen LogP contribution in [0.1, 0.15) is 29.2 Å². The summed E-state index contributed by atoms with van der Waals surface area (Å²) in [5.74, 6) is 0. The number of ether oxygens (including phenoxy) is 1. The molecule has 100 valence electrons. The number of hydrogen-bond donors (Lipinski definition) is 2. The fourth-order valence-electron chi connectivity index (χ4n) is 2.44. The molecule has 2 unspecified atom stereocenters. The highest BCUT2D eigenvalue weighted by atomic mass is 16.5. The van der Waals surface area contributed by atoms with Gasteiger partial charge in [0.25, 0.3) is 0 Å². The minimum Gasteiger partial charge on any atom is -0.376 e. The molecule has 1 fully saturated rings. The zero-order valence-corrected chi connectivity index (χ0v) is 11.6. The van der Waals surface area contributed by atoms with Gasteiger partial charge in [-0.25, -0.2) is 0 Å². The predicted molar refractivity (Wildman–Crippen MR) is 74.9 cm³/mol. The summed E-state index contributed by atoms with van der Waals surface area (Å²) in [5, 5.41) is 6.79. The van der Waals surface area contributed by atoms with Gasteiger partial charge in [-0.1, -0.05) is 18.2 Å². The van der Waals surface area contributed by atoms with Gasteiger partial charge >= 0.3 is 0 Å². The quantitative estimate of drug-likeness (QED) is 0.854. The Morgan fingerprint density at radius 1 is 1.39 bits per heavy atom. The first-order chi connectivity index (χ1) is 8.70. The number of rotatable bonds is 4. The van der Waals surface area contributed by atoms with Gasteiger partial charge < -0.3 is 15.4 Å². The van der Waals surface area contributed by atoms with E-state index in [-0.39, 0.29) is 0 Å². The van der Waals surface area contributed by atoms with Crippen molar-refractivity contribution in [3.63, 3.8) is 0 Å². The average Bonchev–Trinajstić information content (AvgIpc) is 2.40. The molecule has 1 aliphatic heterocycles. The van der Waals surface area contributed by atoms with Crippen molar-refractivity contribution >= 4 is 0 Å². The van der Waals surface area contributed by atoms with Gasteiger partial charge in [0.15, 0.2) is 0 Å². The van der Waals surface area contributed by atoms with Crippen LogP contribution in [0.15, 0.2) is 18.2 Å². The summed E-state index contributed by atoms with van der Waals surface area (Å²) in [6.45, 7) is 7.09. The van der Waals surface area contributed by atoms with E-state index in [1.807, 2.05) is 7.05 Å². The summed E-state index contributed by atoms with van der Waals surface area (Å²) in [7, 11) is 2.02. The van der Waals surface area contributed by atoms with Crippen molar-refractivity contribution < 1.29 is 4.74 Å². The zero-order valence-electron chi connectivity index (χ0n) is 11.6. The van der Waals surface area contributed by atoms with Crippen molar-refractivity contribution in [2.75, 3.05) is 26.7 Å². The van der Waals surface area contributed by atoms with Crippen LogP contribution in [0.5, 0.6) is 0 Å². The first-order valence-corrected chi connectivity index (χ1v) is 6.77. The van der Waals surface area contributed by atoms with Crippen LogP contribution in [-0.2, 0) is 4.74 Å². The van der Waals surface area contributed by atoms with Gasteiger partial charge in [0.2, 0.25) is 0 Å². The lowest BCUT2D eigenvalue weighted by Crippen LogP contribution is -2.40. The van der Waals surface area contributed by atoms with E-state index < -0.39 is 0 Å². The van der Waals surface area contributed by atoms with E-state index in [1.54, 1.807) is 0 Å². The van der Waals surface area contributed by atoms with E-state index in [0.29, 0.717) is 12.1 Å². The maximum absolute atomic E-state index is 5.78. The molecule has 2 atom stereocenters. The third-order valence-electron chi connectivity index (χ3n) is 3.78. The van der Waals surface area contributed by atoms with Crippen LogP contribution in [0.2, 0.25) is 0 Å². The van der Waals surface area contributed by atoms with Crippen molar-refractivity contribution in [1.29, 1.82) is 0 Å². The molecule has 0 aliphatic carbocycles. The summed E-state index contributed by atoms with van der Waals surface area (Å²) < 4.78 is 5.78. The highest BCUT2D eigenvalue weighted by molar-refractivity contribution is 5.31. The van der Waals surface area contributed by atoms with Gasteiger partial charge in [-0.15, -0.1) is 0 Å². The van der Waals surface area contributed by atoms with E-state index >= 15 is 0 Å². The van der Waals surface area contributed by atoms with E-state index in [1.165, 1.54) is 16.7 Å². The molecule has 0 aromatic heterocycles. The van der Waals surface area contributed by atoms with Gasteiger partial charge in [0, 0.05) is 19.1 Å². The van der Waals surface area contributed by atoms with E-state index in [4.69, 9.17) is 4.74 Å². The Balaban J connectivity index is 2.04. The second-order valence-electron chi connectivity index (χ2n) is 5.12. The summed E-state index contributed by atoms with van der Waals surface area (Å²) in [5.41, 5.74) is 4.06. The SMILES string of the molecule is CNC(CC1CNCCO1)c1ccc(C)c(C)c1. The molecule has 1 aliphatic rings. The Labute approximate surface area is 110 Å². The molecule has 18 heavy (non-hydrogen) atoms. The standard InChI is InChI=1S/C15H24N2O/c1-11-4-5-13(8-12(11)2)15(16-3)9-14-10-17-6-7-18-14/h4-5,8,14-17H,6-7,9-10H2,1-3H3. The fraction of sp³-hybridized carbons (Fsp3) is 0.600. The Bertz CT molecular complexity index is 386. The lowest BCUT2D eigenvalue weighted by molar-refractivity contribution is 0.0176. The second-order valence-corrected chi connectivity index (χ2v) is 5.12. The minimum atomic E-state index is 0.317. The van der Waals surface area contributed by atoms with Crippen molar-refractivity contribution in [2.24, 2.45) is 0 Å². The number of benzene rings is 1. The van der Waals surface area contributed by atoms with Crippen LogP contribution in [-0.4, -0.2) is 32.8 Å². The molecule has 1 saturated heterocycles. The molecule has 2 N–H and O–H groups in total. The monoisotopic (exact) mass is 248 g/mol. The zero-order chi connectivity index (χ0) is 13.0. The summed E-state index contributed by atoms with van der Waals surface area (Å²) in [6, 6.07) is 7.08. The van der Waals surface area contributed by atoms with E-state index in [9.17, 15) is 0 Å². The predicted octanol–water partition coefficient (Wildman–Crippen LogP) is 1.94. The Kier molecular flexibility index (Phi) is 4.75. The Hall–Kier alpha value is -0.900. The van der Waals surface area contributed by atoms with Gasteiger partial charge in [-0.3, -0.25) is 0 Å². The molecule has 0 bridgehead atoms. The van der Waals surface area contributed by atoms with Crippen molar-refractivity contribution in [3.8, 4) is 0 Å². The molecular weight excluding hydrogens is 224 g/mol. The number of morpholine rings is 1. The van der Waals surface area contributed by atoms with Gasteiger partial charge in [0.1, 0.15) is 0 Å². The molecule has 1 aromatic rings. The second kappa shape index (κ2) is 6.32. The van der Waals surface area contributed by atoms with Crippen molar-refractivity contribution in [1.82, 2.24) is 10.6 Å². The third kappa shape index (κ3) is 3.31. The van der Waals surface area contributed by atoms with Crippen LogP contribution in [0.4, 0.5) is 0 Å². The first-order valence-electron chi connectivity index (χ1n) is 6.77. The van der Waals surface area contributed by atoms with Crippen LogP contribution >= 0.6 is 0 Å².